The van der Waals surface area contributed by atoms with Crippen molar-refractivity contribution in [1.29, 1.82) is 0 Å². The van der Waals surface area contributed by atoms with Crippen molar-refractivity contribution in [2.45, 2.75) is 47.0 Å². The highest BCUT2D eigenvalue weighted by Crippen LogP contribution is 2.04. The van der Waals surface area contributed by atoms with Crippen LogP contribution in [0.4, 0.5) is 0 Å². The molecular formula is C13H29NO2S. The third-order valence-electron chi connectivity index (χ3n) is 2.73. The molecule has 0 atom stereocenters. The predicted molar refractivity (Wildman–Crippen MR) is 75.1 cm³/mol. The summed E-state index contributed by atoms with van der Waals surface area (Å²) in [7, 11) is -2.84. The van der Waals surface area contributed by atoms with E-state index < -0.39 is 9.84 Å². The number of sulfone groups is 1. The highest BCUT2D eigenvalue weighted by Gasteiger charge is 2.10. The normalized spacial score (nSPS) is 12.6. The Labute approximate surface area is 107 Å². The van der Waals surface area contributed by atoms with Crippen LogP contribution in [0.2, 0.25) is 0 Å². The zero-order valence-electron chi connectivity index (χ0n) is 11.8. The van der Waals surface area contributed by atoms with Gasteiger partial charge in [0.25, 0.3) is 0 Å². The Balaban J connectivity index is 3.53. The van der Waals surface area contributed by atoms with Crippen molar-refractivity contribution in [2.24, 2.45) is 11.8 Å². The standard InChI is InChI=1S/C13H29NO2S/c1-12(2)6-5-8-14-9-11-17(15,16)10-7-13(3)4/h12-14H,5-11H2,1-4H3. The fraction of sp³-hybridized carbons (Fsp3) is 1.00. The highest BCUT2D eigenvalue weighted by atomic mass is 32.2. The third-order valence-corrected chi connectivity index (χ3v) is 4.41. The van der Waals surface area contributed by atoms with Crippen molar-refractivity contribution < 1.29 is 8.42 Å². The van der Waals surface area contributed by atoms with E-state index in [2.05, 4.69) is 33.0 Å². The van der Waals surface area contributed by atoms with Crippen LogP contribution in [0.15, 0.2) is 0 Å². The number of rotatable bonds is 10. The molecule has 0 aromatic heterocycles. The molecule has 0 unspecified atom stereocenters. The zero-order valence-corrected chi connectivity index (χ0v) is 12.6. The first kappa shape index (κ1) is 16.9. The molecule has 0 amide bonds. The van der Waals surface area contributed by atoms with Crippen molar-refractivity contribution in [1.82, 2.24) is 5.32 Å². The lowest BCUT2D eigenvalue weighted by Gasteiger charge is -2.08. The molecule has 4 heteroatoms. The lowest BCUT2D eigenvalue weighted by molar-refractivity contribution is 0.530. The van der Waals surface area contributed by atoms with Crippen LogP contribution in [0.25, 0.3) is 0 Å². The Morgan fingerprint density at radius 1 is 0.882 bits per heavy atom. The molecule has 3 nitrogen and oxygen atoms in total. The Bertz CT molecular complexity index is 271. The van der Waals surface area contributed by atoms with Gasteiger partial charge in [0.15, 0.2) is 9.84 Å². The molecule has 17 heavy (non-hydrogen) atoms. The van der Waals surface area contributed by atoms with Gasteiger partial charge in [0, 0.05) is 6.54 Å². The van der Waals surface area contributed by atoms with Gasteiger partial charge in [-0.15, -0.1) is 0 Å². The van der Waals surface area contributed by atoms with Crippen molar-refractivity contribution in [3.63, 3.8) is 0 Å². The minimum atomic E-state index is -2.84. The Morgan fingerprint density at radius 3 is 2.00 bits per heavy atom. The number of hydrogen-bond acceptors (Lipinski definition) is 3. The van der Waals surface area contributed by atoms with Crippen molar-refractivity contribution in [3.05, 3.63) is 0 Å². The molecule has 0 aliphatic carbocycles. The molecule has 0 rings (SSSR count). The van der Waals surface area contributed by atoms with Crippen molar-refractivity contribution in [3.8, 4) is 0 Å². The maximum atomic E-state index is 11.6. The summed E-state index contributed by atoms with van der Waals surface area (Å²) in [6.07, 6.45) is 3.10. The largest absolute Gasteiger partial charge is 0.316 e. The van der Waals surface area contributed by atoms with Gasteiger partial charge in [0.05, 0.1) is 11.5 Å². The van der Waals surface area contributed by atoms with Gasteiger partial charge in [-0.25, -0.2) is 8.42 Å². The van der Waals surface area contributed by atoms with Gasteiger partial charge in [-0.05, 0) is 37.6 Å². The van der Waals surface area contributed by atoms with E-state index in [9.17, 15) is 8.42 Å². The van der Waals surface area contributed by atoms with E-state index >= 15 is 0 Å². The maximum absolute atomic E-state index is 11.6. The maximum Gasteiger partial charge on any atom is 0.151 e. The SMILES string of the molecule is CC(C)CCCNCCS(=O)(=O)CCC(C)C. The van der Waals surface area contributed by atoms with Crippen molar-refractivity contribution in [2.75, 3.05) is 24.6 Å². The summed E-state index contributed by atoms with van der Waals surface area (Å²) in [6, 6.07) is 0. The molecule has 0 aliphatic heterocycles. The minimum absolute atomic E-state index is 0.279. The van der Waals surface area contributed by atoms with Gasteiger partial charge in [-0.1, -0.05) is 27.7 Å². The first-order chi connectivity index (χ1) is 7.83. The second kappa shape index (κ2) is 8.92. The van der Waals surface area contributed by atoms with Crippen LogP contribution in [-0.2, 0) is 9.84 Å². The monoisotopic (exact) mass is 263 g/mol. The summed E-state index contributed by atoms with van der Waals surface area (Å²) in [5, 5.41) is 3.21. The first-order valence-corrected chi connectivity index (χ1v) is 8.57. The highest BCUT2D eigenvalue weighted by molar-refractivity contribution is 7.91. The first-order valence-electron chi connectivity index (χ1n) is 6.74. The summed E-state index contributed by atoms with van der Waals surface area (Å²) in [4.78, 5) is 0. The van der Waals surface area contributed by atoms with Crippen LogP contribution < -0.4 is 5.32 Å². The van der Waals surface area contributed by atoms with Gasteiger partial charge >= 0.3 is 0 Å². The van der Waals surface area contributed by atoms with Gasteiger partial charge in [-0.3, -0.25) is 0 Å². The lowest BCUT2D eigenvalue weighted by Crippen LogP contribution is -2.25. The van der Waals surface area contributed by atoms with E-state index in [1.165, 1.54) is 6.42 Å². The summed E-state index contributed by atoms with van der Waals surface area (Å²) in [5.41, 5.74) is 0. The average molecular weight is 263 g/mol. The summed E-state index contributed by atoms with van der Waals surface area (Å²) >= 11 is 0. The Kier molecular flexibility index (Phi) is 8.88. The number of hydrogen-bond donors (Lipinski definition) is 1. The molecule has 0 saturated carbocycles. The zero-order chi connectivity index (χ0) is 13.3. The molecule has 0 aromatic rings. The summed E-state index contributed by atoms with van der Waals surface area (Å²) in [6.45, 7) is 10.0. The van der Waals surface area contributed by atoms with Crippen LogP contribution in [0.5, 0.6) is 0 Å². The van der Waals surface area contributed by atoms with Crippen molar-refractivity contribution >= 4 is 9.84 Å². The van der Waals surface area contributed by atoms with Gasteiger partial charge in [-0.2, -0.15) is 0 Å². The van der Waals surface area contributed by atoms with Crippen LogP contribution >= 0.6 is 0 Å². The molecule has 0 heterocycles. The predicted octanol–water partition coefficient (Wildman–Crippen LogP) is 2.47. The van der Waals surface area contributed by atoms with E-state index in [1.54, 1.807) is 0 Å². The molecule has 0 aliphatic rings. The summed E-state index contributed by atoms with van der Waals surface area (Å²) < 4.78 is 23.3. The van der Waals surface area contributed by atoms with E-state index in [1.807, 2.05) is 0 Å². The van der Waals surface area contributed by atoms with Gasteiger partial charge < -0.3 is 5.32 Å². The van der Waals surface area contributed by atoms with Crippen LogP contribution in [0.3, 0.4) is 0 Å². The third kappa shape index (κ3) is 12.2. The molecule has 104 valence electrons. The Hall–Kier alpha value is -0.0900. The minimum Gasteiger partial charge on any atom is -0.316 e. The fourth-order valence-electron chi connectivity index (χ4n) is 1.51. The number of nitrogens with one attached hydrogen (secondary N) is 1. The second-order valence-corrected chi connectivity index (χ2v) is 7.92. The average Bonchev–Trinajstić information content (AvgIpc) is 2.20. The topological polar surface area (TPSA) is 46.2 Å². The molecule has 0 saturated heterocycles. The van der Waals surface area contributed by atoms with Crippen LogP contribution in [-0.4, -0.2) is 33.0 Å². The van der Waals surface area contributed by atoms with E-state index in [-0.39, 0.29) is 5.75 Å². The summed E-state index contributed by atoms with van der Waals surface area (Å²) in [5.74, 6) is 1.80. The van der Waals surface area contributed by atoms with Gasteiger partial charge in [0.2, 0.25) is 0 Å². The quantitative estimate of drug-likeness (QED) is 0.616. The molecule has 0 bridgehead atoms. The van der Waals surface area contributed by atoms with E-state index in [0.29, 0.717) is 18.2 Å². The van der Waals surface area contributed by atoms with E-state index in [0.717, 1.165) is 25.3 Å². The molecule has 1 N–H and O–H groups in total. The molecule has 0 radical (unpaired) electrons. The Morgan fingerprint density at radius 2 is 1.47 bits per heavy atom. The van der Waals surface area contributed by atoms with E-state index in [4.69, 9.17) is 0 Å². The smallest absolute Gasteiger partial charge is 0.151 e. The molecule has 0 spiro atoms. The van der Waals surface area contributed by atoms with Gasteiger partial charge in [0.1, 0.15) is 0 Å². The second-order valence-electron chi connectivity index (χ2n) is 5.62. The van der Waals surface area contributed by atoms with Crippen LogP contribution in [0, 0.1) is 11.8 Å². The molecule has 0 aromatic carbocycles. The molecule has 0 fully saturated rings. The fourth-order valence-corrected chi connectivity index (χ4v) is 3.00. The van der Waals surface area contributed by atoms with Crippen LogP contribution in [0.1, 0.15) is 47.0 Å². The lowest BCUT2D eigenvalue weighted by atomic mass is 10.1. The molecular weight excluding hydrogens is 234 g/mol.